The van der Waals surface area contributed by atoms with Crippen LogP contribution >= 0.6 is 0 Å². The van der Waals surface area contributed by atoms with Crippen LogP contribution in [0.1, 0.15) is 35.3 Å². The second-order valence-electron chi connectivity index (χ2n) is 6.04. The van der Waals surface area contributed by atoms with Crippen molar-refractivity contribution in [2.75, 3.05) is 26.7 Å². The zero-order chi connectivity index (χ0) is 15.6. The number of nitrogens with zero attached hydrogens (tertiary/aromatic N) is 1. The minimum absolute atomic E-state index is 0.111. The van der Waals surface area contributed by atoms with Crippen molar-refractivity contribution in [3.05, 3.63) is 28.8 Å². The predicted molar refractivity (Wildman–Crippen MR) is 83.2 cm³/mol. The maximum absolute atomic E-state index is 12.6. The van der Waals surface area contributed by atoms with E-state index in [-0.39, 0.29) is 18.0 Å². The maximum Gasteiger partial charge on any atom is 0.180 e. The maximum atomic E-state index is 12.6. The average Bonchev–Trinajstić information content (AvgIpc) is 2.36. The molecule has 4 nitrogen and oxygen atoms in total. The standard InChI is InChI=1S/C17H25NO3/c1-11-6-12(2)17(20-5)15(7-11)16(19)10-18-8-13(3)21-14(4)9-18/h6-7,13-14H,8-10H2,1-5H3. The summed E-state index contributed by atoms with van der Waals surface area (Å²) in [5, 5.41) is 0. The third-order valence-corrected chi connectivity index (χ3v) is 3.79. The normalized spacial score (nSPS) is 23.1. The first-order valence-electron chi connectivity index (χ1n) is 7.47. The summed E-state index contributed by atoms with van der Waals surface area (Å²) < 4.78 is 11.1. The van der Waals surface area contributed by atoms with Crippen LogP contribution in [0.2, 0.25) is 0 Å². The number of Topliss-reactive ketones (excluding diaryl/α,β-unsaturated/α-hetero) is 1. The SMILES string of the molecule is COc1c(C)cc(C)cc1C(=O)CN1CC(C)OC(C)C1. The second-order valence-corrected chi connectivity index (χ2v) is 6.04. The topological polar surface area (TPSA) is 38.8 Å². The van der Waals surface area contributed by atoms with Gasteiger partial charge in [-0.1, -0.05) is 6.07 Å². The number of morpholine rings is 1. The first-order valence-corrected chi connectivity index (χ1v) is 7.47. The summed E-state index contributed by atoms with van der Waals surface area (Å²) in [6, 6.07) is 3.95. The van der Waals surface area contributed by atoms with Crippen LogP contribution in [0.5, 0.6) is 5.75 Å². The van der Waals surface area contributed by atoms with Crippen LogP contribution in [0.4, 0.5) is 0 Å². The first kappa shape index (κ1) is 16.0. The molecule has 0 radical (unpaired) electrons. The lowest BCUT2D eigenvalue weighted by molar-refractivity contribution is -0.0652. The summed E-state index contributed by atoms with van der Waals surface area (Å²) >= 11 is 0. The highest BCUT2D eigenvalue weighted by molar-refractivity contribution is 6.00. The van der Waals surface area contributed by atoms with Gasteiger partial charge in [0.2, 0.25) is 0 Å². The monoisotopic (exact) mass is 291 g/mol. The van der Waals surface area contributed by atoms with Crippen molar-refractivity contribution in [3.63, 3.8) is 0 Å². The lowest BCUT2D eigenvalue weighted by Crippen LogP contribution is -2.47. The molecule has 0 N–H and O–H groups in total. The van der Waals surface area contributed by atoms with Gasteiger partial charge in [0.15, 0.2) is 5.78 Å². The largest absolute Gasteiger partial charge is 0.496 e. The number of benzene rings is 1. The van der Waals surface area contributed by atoms with Crippen molar-refractivity contribution in [1.82, 2.24) is 4.90 Å². The number of rotatable bonds is 4. The minimum Gasteiger partial charge on any atom is -0.496 e. The molecule has 1 fully saturated rings. The highest BCUT2D eigenvalue weighted by atomic mass is 16.5. The lowest BCUT2D eigenvalue weighted by atomic mass is 10.0. The molecule has 4 heteroatoms. The molecular weight excluding hydrogens is 266 g/mol. The molecule has 0 amide bonds. The fraction of sp³-hybridized carbons (Fsp3) is 0.588. The third kappa shape index (κ3) is 3.83. The summed E-state index contributed by atoms with van der Waals surface area (Å²) in [5.74, 6) is 0.805. The number of methoxy groups -OCH3 is 1. The molecule has 0 saturated carbocycles. The van der Waals surface area contributed by atoms with Crippen LogP contribution in [0.15, 0.2) is 12.1 Å². The van der Waals surface area contributed by atoms with Gasteiger partial charge in [-0.05, 0) is 44.9 Å². The highest BCUT2D eigenvalue weighted by Crippen LogP contribution is 2.26. The van der Waals surface area contributed by atoms with E-state index in [4.69, 9.17) is 9.47 Å². The smallest absolute Gasteiger partial charge is 0.180 e. The Balaban J connectivity index is 2.17. The summed E-state index contributed by atoms with van der Waals surface area (Å²) in [5.41, 5.74) is 2.77. The minimum atomic E-state index is 0.111. The van der Waals surface area contributed by atoms with Gasteiger partial charge in [-0.15, -0.1) is 0 Å². The Bertz CT molecular complexity index is 517. The molecular formula is C17H25NO3. The molecule has 2 atom stereocenters. The van der Waals surface area contributed by atoms with Gasteiger partial charge in [0, 0.05) is 13.1 Å². The van der Waals surface area contributed by atoms with E-state index in [0.29, 0.717) is 17.9 Å². The molecule has 21 heavy (non-hydrogen) atoms. The van der Waals surface area contributed by atoms with Crippen molar-refractivity contribution in [2.24, 2.45) is 0 Å². The summed E-state index contributed by atoms with van der Waals surface area (Å²) in [7, 11) is 1.62. The molecule has 1 saturated heterocycles. The summed E-state index contributed by atoms with van der Waals surface area (Å²) in [6.07, 6.45) is 0.338. The van der Waals surface area contributed by atoms with E-state index < -0.39 is 0 Å². The van der Waals surface area contributed by atoms with Crippen LogP contribution in [0.25, 0.3) is 0 Å². The van der Waals surface area contributed by atoms with Crippen molar-refractivity contribution in [2.45, 2.75) is 39.9 Å². The van der Waals surface area contributed by atoms with E-state index in [2.05, 4.69) is 4.90 Å². The Morgan fingerprint density at radius 2 is 1.90 bits per heavy atom. The number of hydrogen-bond donors (Lipinski definition) is 0. The second kappa shape index (κ2) is 6.58. The van der Waals surface area contributed by atoms with Crippen molar-refractivity contribution in [1.29, 1.82) is 0 Å². The molecule has 116 valence electrons. The molecule has 0 spiro atoms. The molecule has 1 aromatic rings. The molecule has 0 bridgehead atoms. The van der Waals surface area contributed by atoms with Crippen molar-refractivity contribution >= 4 is 5.78 Å². The Morgan fingerprint density at radius 1 is 1.29 bits per heavy atom. The molecule has 1 aliphatic heterocycles. The van der Waals surface area contributed by atoms with Gasteiger partial charge in [-0.25, -0.2) is 0 Å². The van der Waals surface area contributed by atoms with Gasteiger partial charge in [-0.2, -0.15) is 0 Å². The third-order valence-electron chi connectivity index (χ3n) is 3.79. The summed E-state index contributed by atoms with van der Waals surface area (Å²) in [6.45, 7) is 10.1. The first-order chi connectivity index (χ1) is 9.90. The summed E-state index contributed by atoms with van der Waals surface area (Å²) in [4.78, 5) is 14.8. The van der Waals surface area contributed by atoms with Crippen LogP contribution in [-0.4, -0.2) is 49.6 Å². The number of hydrogen-bond acceptors (Lipinski definition) is 4. The van der Waals surface area contributed by atoms with Gasteiger partial charge in [-0.3, -0.25) is 9.69 Å². The van der Waals surface area contributed by atoms with Crippen LogP contribution in [0.3, 0.4) is 0 Å². The molecule has 1 heterocycles. The van der Waals surface area contributed by atoms with Gasteiger partial charge >= 0.3 is 0 Å². The van der Waals surface area contributed by atoms with Crippen LogP contribution in [0, 0.1) is 13.8 Å². The average molecular weight is 291 g/mol. The number of ketones is 1. The van der Waals surface area contributed by atoms with Gasteiger partial charge in [0.1, 0.15) is 5.75 Å². The Kier molecular flexibility index (Phi) is 5.01. The van der Waals surface area contributed by atoms with Crippen LogP contribution < -0.4 is 4.74 Å². The fourth-order valence-corrected chi connectivity index (χ4v) is 3.13. The number of aryl methyl sites for hydroxylation is 2. The van der Waals surface area contributed by atoms with Gasteiger partial charge < -0.3 is 9.47 Å². The van der Waals surface area contributed by atoms with E-state index in [0.717, 1.165) is 24.2 Å². The van der Waals surface area contributed by atoms with E-state index in [1.165, 1.54) is 0 Å². The van der Waals surface area contributed by atoms with Crippen molar-refractivity contribution in [3.8, 4) is 5.75 Å². The predicted octanol–water partition coefficient (Wildman–Crippen LogP) is 2.60. The lowest BCUT2D eigenvalue weighted by Gasteiger charge is -2.34. The van der Waals surface area contributed by atoms with E-state index >= 15 is 0 Å². The molecule has 2 rings (SSSR count). The Morgan fingerprint density at radius 3 is 2.48 bits per heavy atom. The van der Waals surface area contributed by atoms with E-state index in [9.17, 15) is 4.79 Å². The van der Waals surface area contributed by atoms with Crippen molar-refractivity contribution < 1.29 is 14.3 Å². The molecule has 1 aliphatic rings. The number of ether oxygens (including phenoxy) is 2. The van der Waals surface area contributed by atoms with E-state index in [1.54, 1.807) is 7.11 Å². The quantitative estimate of drug-likeness (QED) is 0.799. The highest BCUT2D eigenvalue weighted by Gasteiger charge is 2.25. The zero-order valence-corrected chi connectivity index (χ0v) is 13.6. The molecule has 1 aromatic carbocycles. The Labute approximate surface area is 127 Å². The Hall–Kier alpha value is -1.39. The van der Waals surface area contributed by atoms with Gasteiger partial charge in [0.25, 0.3) is 0 Å². The molecule has 0 aliphatic carbocycles. The fourth-order valence-electron chi connectivity index (χ4n) is 3.13. The number of carbonyl (C=O) groups excluding carboxylic acids is 1. The molecule has 0 aromatic heterocycles. The number of carbonyl (C=O) groups is 1. The van der Waals surface area contributed by atoms with Gasteiger partial charge in [0.05, 0.1) is 31.4 Å². The van der Waals surface area contributed by atoms with Crippen LogP contribution in [-0.2, 0) is 4.74 Å². The zero-order valence-electron chi connectivity index (χ0n) is 13.6. The van der Waals surface area contributed by atoms with E-state index in [1.807, 2.05) is 39.8 Å². The molecule has 2 unspecified atom stereocenters.